The maximum Gasteiger partial charge on any atom is -0.0360 e. The van der Waals surface area contributed by atoms with Crippen molar-refractivity contribution in [3.8, 4) is 12.8 Å². The first-order chi connectivity index (χ1) is 11.6. The standard InChI is InChI=1S/C13H26.C3H8.3C2H6.C2H2/c1-5-13(11(4)10(2)3)12-8-6-7-9-12;1-3-2;4*1-2/h10-13H,5-9H2,1-4H3;3H2,1-2H3;3*1-2H3;1-2H. The summed E-state index contributed by atoms with van der Waals surface area (Å²) in [6.07, 6.45) is 16.6. The van der Waals surface area contributed by atoms with Crippen LogP contribution in [0.25, 0.3) is 0 Å². The van der Waals surface area contributed by atoms with Crippen molar-refractivity contribution in [1.29, 1.82) is 0 Å². The van der Waals surface area contributed by atoms with Crippen molar-refractivity contribution in [3.05, 3.63) is 0 Å². The summed E-state index contributed by atoms with van der Waals surface area (Å²) in [5, 5.41) is 0. The molecule has 0 saturated heterocycles. The molecule has 0 N–H and O–H groups in total. The molecule has 1 aliphatic rings. The van der Waals surface area contributed by atoms with E-state index < -0.39 is 0 Å². The van der Waals surface area contributed by atoms with Gasteiger partial charge in [-0.25, -0.2) is 0 Å². The molecule has 24 heavy (non-hydrogen) atoms. The van der Waals surface area contributed by atoms with Crippen LogP contribution in [0.4, 0.5) is 0 Å². The minimum absolute atomic E-state index is 0.866. The lowest BCUT2D eigenvalue weighted by molar-refractivity contribution is 0.188. The third-order valence-corrected chi connectivity index (χ3v) is 4.20. The molecule has 0 nitrogen and oxygen atoms in total. The van der Waals surface area contributed by atoms with Gasteiger partial charge in [-0.1, -0.05) is 122 Å². The normalized spacial score (nSPS) is 14.5. The van der Waals surface area contributed by atoms with Crippen LogP contribution in [-0.2, 0) is 0 Å². The Labute approximate surface area is 158 Å². The van der Waals surface area contributed by atoms with Gasteiger partial charge in [0.2, 0.25) is 0 Å². The molecule has 0 bridgehead atoms. The molecule has 0 radical (unpaired) electrons. The van der Waals surface area contributed by atoms with E-state index in [1.165, 1.54) is 38.5 Å². The zero-order chi connectivity index (χ0) is 20.6. The minimum Gasteiger partial charge on any atom is -0.124 e. The summed E-state index contributed by atoms with van der Waals surface area (Å²) in [6, 6.07) is 0. The van der Waals surface area contributed by atoms with Crippen molar-refractivity contribution in [3.63, 3.8) is 0 Å². The maximum absolute atomic E-state index is 4.00. The van der Waals surface area contributed by atoms with Crippen LogP contribution >= 0.6 is 0 Å². The molecule has 0 amide bonds. The van der Waals surface area contributed by atoms with Gasteiger partial charge in [0.1, 0.15) is 0 Å². The monoisotopic (exact) mass is 342 g/mol. The smallest absolute Gasteiger partial charge is 0.0360 e. The third-order valence-electron chi connectivity index (χ3n) is 4.20. The Bertz CT molecular complexity index is 170. The number of hydrogen-bond donors (Lipinski definition) is 0. The number of hydrogen-bond acceptors (Lipinski definition) is 0. The van der Waals surface area contributed by atoms with Gasteiger partial charge >= 0.3 is 0 Å². The second kappa shape index (κ2) is 34.0. The molecule has 1 aliphatic carbocycles. The Kier molecular flexibility index (Phi) is 49.3. The first-order valence-corrected chi connectivity index (χ1v) is 10.9. The van der Waals surface area contributed by atoms with Gasteiger partial charge in [0.05, 0.1) is 0 Å². The molecular formula is C24H54. The highest BCUT2D eigenvalue weighted by molar-refractivity contribution is 4.79. The summed E-state index contributed by atoms with van der Waals surface area (Å²) in [7, 11) is 0. The highest BCUT2D eigenvalue weighted by Crippen LogP contribution is 2.39. The lowest BCUT2D eigenvalue weighted by Crippen LogP contribution is -2.23. The van der Waals surface area contributed by atoms with Crippen LogP contribution in [0.1, 0.15) is 122 Å². The molecule has 150 valence electrons. The summed E-state index contributed by atoms with van der Waals surface area (Å²) in [5.41, 5.74) is 0. The van der Waals surface area contributed by atoms with Gasteiger partial charge in [0.15, 0.2) is 0 Å². The molecular weight excluding hydrogens is 288 g/mol. The zero-order valence-electron chi connectivity index (χ0n) is 19.7. The van der Waals surface area contributed by atoms with E-state index in [9.17, 15) is 0 Å². The molecule has 1 rings (SSSR count). The first-order valence-electron chi connectivity index (χ1n) is 10.9. The Morgan fingerprint density at radius 2 is 1.04 bits per heavy atom. The van der Waals surface area contributed by atoms with E-state index >= 15 is 0 Å². The van der Waals surface area contributed by atoms with Crippen molar-refractivity contribution in [2.75, 3.05) is 0 Å². The van der Waals surface area contributed by atoms with Gasteiger partial charge < -0.3 is 0 Å². The minimum atomic E-state index is 0.866. The largest absolute Gasteiger partial charge is 0.124 e. The predicted molar refractivity (Wildman–Crippen MR) is 120 cm³/mol. The van der Waals surface area contributed by atoms with Gasteiger partial charge in [-0.15, -0.1) is 12.8 Å². The van der Waals surface area contributed by atoms with Gasteiger partial charge in [-0.2, -0.15) is 0 Å². The fourth-order valence-corrected chi connectivity index (χ4v) is 3.01. The topological polar surface area (TPSA) is 0 Å². The molecule has 2 unspecified atom stereocenters. The number of terminal acetylenes is 1. The molecule has 1 saturated carbocycles. The molecule has 0 aromatic carbocycles. The van der Waals surface area contributed by atoms with Crippen molar-refractivity contribution < 1.29 is 0 Å². The molecule has 0 spiro atoms. The molecule has 0 heteroatoms. The van der Waals surface area contributed by atoms with E-state index in [0.717, 1.165) is 23.7 Å². The summed E-state index contributed by atoms with van der Waals surface area (Å²) in [4.78, 5) is 0. The quantitative estimate of drug-likeness (QED) is 0.446. The number of rotatable bonds is 4. The van der Waals surface area contributed by atoms with E-state index in [1.54, 1.807) is 0 Å². The molecule has 0 aliphatic heterocycles. The van der Waals surface area contributed by atoms with Crippen LogP contribution < -0.4 is 0 Å². The lowest BCUT2D eigenvalue weighted by atomic mass is 9.75. The molecule has 0 heterocycles. The molecule has 0 aromatic rings. The van der Waals surface area contributed by atoms with Crippen molar-refractivity contribution >= 4 is 0 Å². The van der Waals surface area contributed by atoms with Crippen LogP contribution in [0.2, 0.25) is 0 Å². The van der Waals surface area contributed by atoms with Crippen LogP contribution in [0.15, 0.2) is 0 Å². The third kappa shape index (κ3) is 21.6. The van der Waals surface area contributed by atoms with Crippen molar-refractivity contribution in [2.45, 2.75) is 122 Å². The van der Waals surface area contributed by atoms with Gasteiger partial charge in [0, 0.05) is 0 Å². The Hall–Kier alpha value is -0.440. The molecule has 2 atom stereocenters. The second-order valence-electron chi connectivity index (χ2n) is 5.93. The summed E-state index contributed by atoms with van der Waals surface area (Å²) in [6.45, 7) is 25.8. The van der Waals surface area contributed by atoms with Gasteiger partial charge in [-0.05, 0) is 23.7 Å². The van der Waals surface area contributed by atoms with Gasteiger partial charge in [0.25, 0.3) is 0 Å². The molecule has 1 fully saturated rings. The summed E-state index contributed by atoms with van der Waals surface area (Å²) < 4.78 is 0. The van der Waals surface area contributed by atoms with E-state index in [4.69, 9.17) is 0 Å². The van der Waals surface area contributed by atoms with Crippen LogP contribution in [-0.4, -0.2) is 0 Å². The van der Waals surface area contributed by atoms with Crippen LogP contribution in [0.5, 0.6) is 0 Å². The highest BCUT2D eigenvalue weighted by Gasteiger charge is 2.28. The van der Waals surface area contributed by atoms with Crippen LogP contribution in [0.3, 0.4) is 0 Å². The predicted octanol–water partition coefficient (Wildman–Crippen LogP) is 9.24. The summed E-state index contributed by atoms with van der Waals surface area (Å²) >= 11 is 0. The first kappa shape index (κ1) is 34.8. The molecule has 0 aromatic heterocycles. The van der Waals surface area contributed by atoms with E-state index in [0.29, 0.717) is 0 Å². The fraction of sp³-hybridized carbons (Fsp3) is 0.917. The van der Waals surface area contributed by atoms with Crippen LogP contribution in [0, 0.1) is 36.5 Å². The second-order valence-corrected chi connectivity index (χ2v) is 5.93. The fourth-order valence-electron chi connectivity index (χ4n) is 3.01. The maximum atomic E-state index is 4.00. The van der Waals surface area contributed by atoms with Crippen molar-refractivity contribution in [1.82, 2.24) is 0 Å². The Morgan fingerprint density at radius 3 is 1.25 bits per heavy atom. The van der Waals surface area contributed by atoms with Gasteiger partial charge in [-0.3, -0.25) is 0 Å². The lowest BCUT2D eigenvalue weighted by Gasteiger charge is -2.31. The van der Waals surface area contributed by atoms with E-state index in [1.807, 2.05) is 41.5 Å². The Balaban J connectivity index is -0.0000000924. The van der Waals surface area contributed by atoms with E-state index in [2.05, 4.69) is 54.4 Å². The Morgan fingerprint density at radius 1 is 0.750 bits per heavy atom. The van der Waals surface area contributed by atoms with Crippen molar-refractivity contribution in [2.24, 2.45) is 23.7 Å². The average molecular weight is 343 g/mol. The SMILES string of the molecule is C#C.CC.CC.CC.CCC.CCC(C1CCCC1)C(C)C(C)C. The average Bonchev–Trinajstić information content (AvgIpc) is 3.17. The highest BCUT2D eigenvalue weighted by atomic mass is 14.3. The van der Waals surface area contributed by atoms with E-state index in [-0.39, 0.29) is 0 Å². The summed E-state index contributed by atoms with van der Waals surface area (Å²) in [5.74, 6) is 3.85. The zero-order valence-corrected chi connectivity index (χ0v) is 19.7.